The van der Waals surface area contributed by atoms with Crippen molar-refractivity contribution in [2.24, 2.45) is 0 Å². The minimum atomic E-state index is -0.109. The van der Waals surface area contributed by atoms with Crippen molar-refractivity contribution in [1.29, 1.82) is 0 Å². The molecule has 4 nitrogen and oxygen atoms in total. The Kier molecular flexibility index (Phi) is 8.11. The number of pyridine rings is 1. The lowest BCUT2D eigenvalue weighted by Gasteiger charge is -2.23. The molecule has 2 aromatic carbocycles. The van der Waals surface area contributed by atoms with Crippen LogP contribution in [-0.2, 0) is 11.2 Å². The van der Waals surface area contributed by atoms with Gasteiger partial charge in [-0.1, -0.05) is 35.9 Å². The second kappa shape index (κ2) is 10.6. The molecule has 6 heteroatoms. The third kappa shape index (κ3) is 6.27. The van der Waals surface area contributed by atoms with Crippen LogP contribution in [0, 0.1) is 0 Å². The molecule has 0 saturated carbocycles. The molecule has 0 aliphatic rings. The highest BCUT2D eigenvalue weighted by molar-refractivity contribution is 6.30. The summed E-state index contributed by atoms with van der Waals surface area (Å²) in [6.07, 6.45) is 2.43. The van der Waals surface area contributed by atoms with Crippen LogP contribution in [0.1, 0.15) is 5.69 Å². The zero-order valence-electron chi connectivity index (χ0n) is 14.6. The standard InChI is InChI=1S/C21H19ClN2O2.ClH/c22-17-9-11-20(12-10-17)26-16-21(25)24(19-7-2-1-3-8-19)15-13-18-6-4-5-14-23-18;/h1-12,14H,13,15-16H2;1H. The Morgan fingerprint density at radius 2 is 1.67 bits per heavy atom. The van der Waals surface area contributed by atoms with Gasteiger partial charge in [-0.05, 0) is 48.5 Å². The molecule has 0 unspecified atom stereocenters. The molecular weight excluding hydrogens is 383 g/mol. The highest BCUT2D eigenvalue weighted by atomic mass is 35.5. The number of carbonyl (C=O) groups is 1. The molecule has 0 saturated heterocycles. The molecule has 0 spiro atoms. The third-order valence-corrected chi connectivity index (χ3v) is 4.11. The fourth-order valence-corrected chi connectivity index (χ4v) is 2.66. The largest absolute Gasteiger partial charge is 0.484 e. The van der Waals surface area contributed by atoms with E-state index in [0.29, 0.717) is 23.7 Å². The first kappa shape index (κ1) is 20.7. The minimum Gasteiger partial charge on any atom is -0.484 e. The van der Waals surface area contributed by atoms with Gasteiger partial charge >= 0.3 is 0 Å². The first-order valence-corrected chi connectivity index (χ1v) is 8.74. The fourth-order valence-electron chi connectivity index (χ4n) is 2.53. The van der Waals surface area contributed by atoms with Gasteiger partial charge in [-0.15, -0.1) is 12.4 Å². The molecule has 0 bridgehead atoms. The van der Waals surface area contributed by atoms with E-state index in [2.05, 4.69) is 4.98 Å². The Bertz CT molecular complexity index is 828. The normalized spacial score (nSPS) is 9.96. The Labute approximate surface area is 170 Å². The maximum Gasteiger partial charge on any atom is 0.264 e. The number of aromatic nitrogens is 1. The van der Waals surface area contributed by atoms with E-state index in [-0.39, 0.29) is 24.9 Å². The van der Waals surface area contributed by atoms with Crippen LogP contribution in [0.25, 0.3) is 0 Å². The van der Waals surface area contributed by atoms with Gasteiger partial charge in [-0.25, -0.2) is 0 Å². The van der Waals surface area contributed by atoms with E-state index in [1.54, 1.807) is 35.4 Å². The van der Waals surface area contributed by atoms with E-state index in [1.807, 2.05) is 48.5 Å². The number of nitrogens with zero attached hydrogens (tertiary/aromatic N) is 2. The molecular formula is C21H20Cl2N2O2. The Balaban J connectivity index is 0.00000261. The van der Waals surface area contributed by atoms with Gasteiger partial charge in [0.15, 0.2) is 6.61 Å². The first-order valence-electron chi connectivity index (χ1n) is 8.36. The van der Waals surface area contributed by atoms with Crippen LogP contribution in [0.4, 0.5) is 5.69 Å². The number of para-hydroxylation sites is 1. The lowest BCUT2D eigenvalue weighted by Crippen LogP contribution is -2.36. The number of carbonyl (C=O) groups excluding carboxylic acids is 1. The van der Waals surface area contributed by atoms with E-state index < -0.39 is 0 Å². The number of benzene rings is 2. The molecule has 3 aromatic rings. The third-order valence-electron chi connectivity index (χ3n) is 3.86. The molecule has 0 radical (unpaired) electrons. The second-order valence-electron chi connectivity index (χ2n) is 5.69. The maximum atomic E-state index is 12.8. The maximum absolute atomic E-state index is 12.8. The summed E-state index contributed by atoms with van der Waals surface area (Å²) in [6.45, 7) is 0.489. The van der Waals surface area contributed by atoms with Crippen LogP contribution in [0.2, 0.25) is 5.02 Å². The smallest absolute Gasteiger partial charge is 0.264 e. The van der Waals surface area contributed by atoms with Gasteiger partial charge in [0.25, 0.3) is 5.91 Å². The predicted molar refractivity (Wildman–Crippen MR) is 111 cm³/mol. The van der Waals surface area contributed by atoms with Crippen molar-refractivity contribution in [3.8, 4) is 5.75 Å². The highest BCUT2D eigenvalue weighted by Crippen LogP contribution is 2.17. The topological polar surface area (TPSA) is 42.4 Å². The van der Waals surface area contributed by atoms with Crippen molar-refractivity contribution < 1.29 is 9.53 Å². The van der Waals surface area contributed by atoms with Crippen molar-refractivity contribution in [3.05, 3.63) is 89.7 Å². The number of hydrogen-bond acceptors (Lipinski definition) is 3. The predicted octanol–water partition coefficient (Wildman–Crippen LogP) is 4.81. The Hall–Kier alpha value is -2.56. The van der Waals surface area contributed by atoms with Gasteiger partial charge in [0, 0.05) is 35.6 Å². The second-order valence-corrected chi connectivity index (χ2v) is 6.13. The lowest BCUT2D eigenvalue weighted by molar-refractivity contribution is -0.120. The summed E-state index contributed by atoms with van der Waals surface area (Å²) in [5.74, 6) is 0.502. The van der Waals surface area contributed by atoms with Crippen molar-refractivity contribution in [2.45, 2.75) is 6.42 Å². The average molecular weight is 403 g/mol. The lowest BCUT2D eigenvalue weighted by atomic mass is 10.2. The number of halogens is 2. The molecule has 0 aliphatic carbocycles. The first-order chi connectivity index (χ1) is 12.7. The van der Waals surface area contributed by atoms with E-state index in [0.717, 1.165) is 11.4 Å². The van der Waals surface area contributed by atoms with Crippen molar-refractivity contribution in [1.82, 2.24) is 4.98 Å². The van der Waals surface area contributed by atoms with Crippen molar-refractivity contribution >= 4 is 35.6 Å². The van der Waals surface area contributed by atoms with E-state index >= 15 is 0 Å². The van der Waals surface area contributed by atoms with E-state index in [9.17, 15) is 4.79 Å². The van der Waals surface area contributed by atoms with Gasteiger partial charge < -0.3 is 9.64 Å². The van der Waals surface area contributed by atoms with Crippen LogP contribution in [0.5, 0.6) is 5.75 Å². The summed E-state index contributed by atoms with van der Waals surface area (Å²) < 4.78 is 5.61. The summed E-state index contributed by atoms with van der Waals surface area (Å²) in [4.78, 5) is 18.8. The van der Waals surface area contributed by atoms with Gasteiger partial charge in [0.2, 0.25) is 0 Å². The van der Waals surface area contributed by atoms with E-state index in [4.69, 9.17) is 16.3 Å². The molecule has 1 aromatic heterocycles. The van der Waals surface area contributed by atoms with Crippen molar-refractivity contribution in [2.75, 3.05) is 18.1 Å². The van der Waals surface area contributed by atoms with Gasteiger partial charge in [-0.2, -0.15) is 0 Å². The molecule has 0 N–H and O–H groups in total. The molecule has 1 amide bonds. The molecule has 3 rings (SSSR count). The zero-order chi connectivity index (χ0) is 18.2. The van der Waals surface area contributed by atoms with Gasteiger partial charge in [0.05, 0.1) is 0 Å². The van der Waals surface area contributed by atoms with Crippen LogP contribution in [0.3, 0.4) is 0 Å². The molecule has 0 aliphatic heterocycles. The van der Waals surface area contributed by atoms with Gasteiger partial charge in [-0.3, -0.25) is 9.78 Å². The fraction of sp³-hybridized carbons (Fsp3) is 0.143. The summed E-state index contributed by atoms with van der Waals surface area (Å²) in [7, 11) is 0. The number of ether oxygens (including phenoxy) is 1. The van der Waals surface area contributed by atoms with E-state index in [1.165, 1.54) is 0 Å². The molecule has 140 valence electrons. The highest BCUT2D eigenvalue weighted by Gasteiger charge is 2.16. The minimum absolute atomic E-state index is 0. The summed E-state index contributed by atoms with van der Waals surface area (Å²) in [6, 6.07) is 22.3. The number of amides is 1. The zero-order valence-corrected chi connectivity index (χ0v) is 16.2. The van der Waals surface area contributed by atoms with Crippen LogP contribution >= 0.6 is 24.0 Å². The Morgan fingerprint density at radius 1 is 0.963 bits per heavy atom. The summed E-state index contributed by atoms with van der Waals surface area (Å²) in [5.41, 5.74) is 1.79. The molecule has 0 fully saturated rings. The number of rotatable bonds is 7. The number of anilines is 1. The SMILES string of the molecule is Cl.O=C(COc1ccc(Cl)cc1)N(CCc1ccccn1)c1ccccc1. The quantitative estimate of drug-likeness (QED) is 0.569. The van der Waals surface area contributed by atoms with Crippen LogP contribution < -0.4 is 9.64 Å². The van der Waals surface area contributed by atoms with Crippen LogP contribution in [0.15, 0.2) is 79.0 Å². The van der Waals surface area contributed by atoms with Crippen LogP contribution in [-0.4, -0.2) is 24.0 Å². The summed E-state index contributed by atoms with van der Waals surface area (Å²) in [5, 5.41) is 0.630. The average Bonchev–Trinajstić information content (AvgIpc) is 2.69. The molecule has 0 atom stereocenters. The van der Waals surface area contributed by atoms with Gasteiger partial charge in [0.1, 0.15) is 5.75 Å². The summed E-state index contributed by atoms with van der Waals surface area (Å²) >= 11 is 5.87. The number of hydrogen-bond donors (Lipinski definition) is 0. The van der Waals surface area contributed by atoms with Crippen molar-refractivity contribution in [3.63, 3.8) is 0 Å². The monoisotopic (exact) mass is 402 g/mol. The molecule has 27 heavy (non-hydrogen) atoms. The Morgan fingerprint density at radius 3 is 2.33 bits per heavy atom. The molecule has 1 heterocycles.